The molecule has 0 aromatic carbocycles. The Kier molecular flexibility index (Phi) is 10.4. The third-order valence-electron chi connectivity index (χ3n) is 3.02. The molecule has 0 aliphatic carbocycles. The van der Waals surface area contributed by atoms with Crippen LogP contribution in [0, 0.1) is 5.92 Å². The zero-order chi connectivity index (χ0) is 16.3. The van der Waals surface area contributed by atoms with Gasteiger partial charge in [0.15, 0.2) is 5.96 Å². The second-order valence-electron chi connectivity index (χ2n) is 5.48. The first kappa shape index (κ1) is 20.2. The van der Waals surface area contributed by atoms with Crippen molar-refractivity contribution in [1.29, 1.82) is 0 Å². The molecule has 0 rings (SSSR count). The highest BCUT2D eigenvalue weighted by molar-refractivity contribution is 7.88. The summed E-state index contributed by atoms with van der Waals surface area (Å²) in [5, 5.41) is 6.49. The van der Waals surface area contributed by atoms with E-state index in [9.17, 15) is 8.42 Å². The van der Waals surface area contributed by atoms with Crippen molar-refractivity contribution in [3.8, 4) is 0 Å². The molecule has 0 aromatic heterocycles. The molecule has 126 valence electrons. The van der Waals surface area contributed by atoms with E-state index in [0.29, 0.717) is 25.6 Å². The lowest BCUT2D eigenvalue weighted by atomic mass is 10.1. The molecule has 0 spiro atoms. The summed E-state index contributed by atoms with van der Waals surface area (Å²) in [6, 6.07) is 0. The molecule has 6 nitrogen and oxygen atoms in total. The topological polar surface area (TPSA) is 73.8 Å². The van der Waals surface area contributed by atoms with Crippen LogP contribution in [0.15, 0.2) is 4.99 Å². The second kappa shape index (κ2) is 10.8. The maximum absolute atomic E-state index is 11.5. The Labute approximate surface area is 130 Å². The summed E-state index contributed by atoms with van der Waals surface area (Å²) in [6.07, 6.45) is 3.07. The number of nitrogens with zero attached hydrogens (tertiary/aromatic N) is 2. The summed E-state index contributed by atoms with van der Waals surface area (Å²) in [5.74, 6) is 1.47. The monoisotopic (exact) mass is 320 g/mol. The Morgan fingerprint density at radius 3 is 2.38 bits per heavy atom. The van der Waals surface area contributed by atoms with Gasteiger partial charge in [0.2, 0.25) is 10.0 Å². The van der Waals surface area contributed by atoms with Gasteiger partial charge in [-0.3, -0.25) is 4.99 Å². The van der Waals surface area contributed by atoms with E-state index >= 15 is 0 Å². The van der Waals surface area contributed by atoms with E-state index in [4.69, 9.17) is 0 Å². The molecule has 0 heterocycles. The largest absolute Gasteiger partial charge is 0.357 e. The molecule has 0 aromatic rings. The Morgan fingerprint density at radius 1 is 1.24 bits per heavy atom. The van der Waals surface area contributed by atoms with Crippen molar-refractivity contribution in [3.05, 3.63) is 0 Å². The average Bonchev–Trinajstić information content (AvgIpc) is 2.36. The van der Waals surface area contributed by atoms with E-state index in [1.54, 1.807) is 0 Å². The smallest absolute Gasteiger partial charge is 0.211 e. The average molecular weight is 321 g/mol. The number of hydrogen-bond donors (Lipinski definition) is 2. The van der Waals surface area contributed by atoms with Gasteiger partial charge in [-0.2, -0.15) is 0 Å². The predicted octanol–water partition coefficient (Wildman–Crippen LogP) is 1.26. The first-order chi connectivity index (χ1) is 9.81. The Hall–Kier alpha value is -0.820. The molecule has 0 fully saturated rings. The zero-order valence-electron chi connectivity index (χ0n) is 14.1. The van der Waals surface area contributed by atoms with Gasteiger partial charge >= 0.3 is 0 Å². The summed E-state index contributed by atoms with van der Waals surface area (Å²) >= 11 is 0. The van der Waals surface area contributed by atoms with E-state index in [-0.39, 0.29) is 0 Å². The van der Waals surface area contributed by atoms with Crippen LogP contribution in [0.4, 0.5) is 0 Å². The summed E-state index contributed by atoms with van der Waals surface area (Å²) < 4.78 is 24.4. The molecule has 0 radical (unpaired) electrons. The van der Waals surface area contributed by atoms with Gasteiger partial charge in [0, 0.05) is 32.7 Å². The van der Waals surface area contributed by atoms with Gasteiger partial charge in [0.25, 0.3) is 0 Å². The molecule has 2 N–H and O–H groups in total. The Balaban J connectivity index is 4.19. The molecule has 0 amide bonds. The molecule has 21 heavy (non-hydrogen) atoms. The van der Waals surface area contributed by atoms with Crippen molar-refractivity contribution >= 4 is 16.0 Å². The van der Waals surface area contributed by atoms with Gasteiger partial charge in [-0.15, -0.1) is 0 Å². The van der Waals surface area contributed by atoms with Gasteiger partial charge in [-0.05, 0) is 25.7 Å². The molecule has 0 bridgehead atoms. The van der Waals surface area contributed by atoms with Crippen molar-refractivity contribution in [2.45, 2.75) is 40.5 Å². The minimum atomic E-state index is -3.10. The van der Waals surface area contributed by atoms with Crippen LogP contribution in [-0.2, 0) is 10.0 Å². The third-order valence-corrected chi connectivity index (χ3v) is 4.39. The van der Waals surface area contributed by atoms with Gasteiger partial charge < -0.3 is 10.6 Å². The third kappa shape index (κ3) is 10.5. The summed E-state index contributed by atoms with van der Waals surface area (Å²) in [7, 11) is -3.10. The number of guanidine groups is 1. The fourth-order valence-corrected chi connectivity index (χ4v) is 2.75. The van der Waals surface area contributed by atoms with Crippen molar-refractivity contribution in [3.63, 3.8) is 0 Å². The summed E-state index contributed by atoms with van der Waals surface area (Å²) in [6.45, 7) is 11.6. The van der Waals surface area contributed by atoms with Crippen molar-refractivity contribution < 1.29 is 8.42 Å². The molecule has 0 aliphatic rings. The van der Waals surface area contributed by atoms with Crippen molar-refractivity contribution in [1.82, 2.24) is 14.9 Å². The molecule has 0 unspecified atom stereocenters. The molecule has 7 heteroatoms. The van der Waals surface area contributed by atoms with Crippen LogP contribution in [0.25, 0.3) is 0 Å². The van der Waals surface area contributed by atoms with E-state index < -0.39 is 10.0 Å². The van der Waals surface area contributed by atoms with Crippen LogP contribution in [-0.4, -0.2) is 57.7 Å². The highest BCUT2D eigenvalue weighted by Crippen LogP contribution is 1.99. The van der Waals surface area contributed by atoms with E-state index in [0.717, 1.165) is 31.9 Å². The predicted molar refractivity (Wildman–Crippen MR) is 90.1 cm³/mol. The van der Waals surface area contributed by atoms with Crippen molar-refractivity contribution in [2.24, 2.45) is 10.9 Å². The lowest BCUT2D eigenvalue weighted by Crippen LogP contribution is -2.38. The molecule has 0 atom stereocenters. The minimum Gasteiger partial charge on any atom is -0.357 e. The minimum absolute atomic E-state index is 0.509. The highest BCUT2D eigenvalue weighted by atomic mass is 32.2. The number of nitrogens with one attached hydrogen (secondary N) is 2. The second-order valence-corrected chi connectivity index (χ2v) is 7.46. The first-order valence-electron chi connectivity index (χ1n) is 7.78. The SMILES string of the molecule is CCNC(=NCCCN(CC)S(C)(=O)=O)NCCC(C)C. The quantitative estimate of drug-likeness (QED) is 0.361. The fraction of sp³-hybridized carbons (Fsp3) is 0.929. The van der Waals surface area contributed by atoms with Crippen LogP contribution in [0.5, 0.6) is 0 Å². The molecular weight excluding hydrogens is 288 g/mol. The fourth-order valence-electron chi connectivity index (χ4n) is 1.82. The summed E-state index contributed by atoms with van der Waals surface area (Å²) in [4.78, 5) is 4.47. The van der Waals surface area contributed by atoms with Gasteiger partial charge in [-0.1, -0.05) is 20.8 Å². The summed E-state index contributed by atoms with van der Waals surface area (Å²) in [5.41, 5.74) is 0. The van der Waals surface area contributed by atoms with Gasteiger partial charge in [-0.25, -0.2) is 12.7 Å². The standard InChI is InChI=1S/C14H32N4O2S/c1-6-15-14(17-11-9-13(3)4)16-10-8-12-18(7-2)21(5,19)20/h13H,6-12H2,1-5H3,(H2,15,16,17). The molecular formula is C14H32N4O2S. The van der Waals surface area contributed by atoms with Crippen LogP contribution in [0.3, 0.4) is 0 Å². The van der Waals surface area contributed by atoms with Crippen LogP contribution >= 0.6 is 0 Å². The maximum atomic E-state index is 11.5. The zero-order valence-corrected chi connectivity index (χ0v) is 15.0. The van der Waals surface area contributed by atoms with E-state index in [1.165, 1.54) is 10.6 Å². The van der Waals surface area contributed by atoms with Gasteiger partial charge in [0.05, 0.1) is 6.26 Å². The Morgan fingerprint density at radius 2 is 1.90 bits per heavy atom. The Bertz CT molecular complexity index is 394. The van der Waals surface area contributed by atoms with Crippen LogP contribution in [0.1, 0.15) is 40.5 Å². The molecule has 0 saturated carbocycles. The molecule has 0 saturated heterocycles. The number of rotatable bonds is 10. The number of hydrogen-bond acceptors (Lipinski definition) is 3. The van der Waals surface area contributed by atoms with Crippen LogP contribution in [0.2, 0.25) is 0 Å². The van der Waals surface area contributed by atoms with Crippen molar-refractivity contribution in [2.75, 3.05) is 39.0 Å². The lowest BCUT2D eigenvalue weighted by molar-refractivity contribution is 0.427. The van der Waals surface area contributed by atoms with E-state index in [1.807, 2.05) is 13.8 Å². The van der Waals surface area contributed by atoms with Gasteiger partial charge in [0.1, 0.15) is 0 Å². The normalized spacial score (nSPS) is 13.0. The molecule has 0 aliphatic heterocycles. The number of aliphatic imine (C=N–C) groups is 1. The van der Waals surface area contributed by atoms with Crippen LogP contribution < -0.4 is 10.6 Å². The first-order valence-corrected chi connectivity index (χ1v) is 9.63. The van der Waals surface area contributed by atoms with E-state index in [2.05, 4.69) is 29.5 Å². The number of sulfonamides is 1. The lowest BCUT2D eigenvalue weighted by Gasteiger charge is -2.17. The maximum Gasteiger partial charge on any atom is 0.211 e. The highest BCUT2D eigenvalue weighted by Gasteiger charge is 2.12.